The summed E-state index contributed by atoms with van der Waals surface area (Å²) in [4.78, 5) is 13.9. The van der Waals surface area contributed by atoms with Gasteiger partial charge in [-0.15, -0.1) is 0 Å². The third-order valence-electron chi connectivity index (χ3n) is 4.46. The van der Waals surface area contributed by atoms with Gasteiger partial charge in [0, 0.05) is 24.7 Å². The number of amides is 1. The van der Waals surface area contributed by atoms with Crippen LogP contribution in [-0.4, -0.2) is 36.5 Å². The number of hydrogen-bond donors (Lipinski definition) is 1. The molecule has 0 radical (unpaired) electrons. The molecule has 2 fully saturated rings. The molecule has 1 aliphatic carbocycles. The summed E-state index contributed by atoms with van der Waals surface area (Å²) in [5.41, 5.74) is 0.825. The number of anilines is 1. The Kier molecular flexibility index (Phi) is 4.44. The maximum absolute atomic E-state index is 11.3. The largest absolute Gasteiger partial charge is 0.494 e. The lowest BCUT2D eigenvalue weighted by Gasteiger charge is -2.17. The highest BCUT2D eigenvalue weighted by Crippen LogP contribution is 2.44. The van der Waals surface area contributed by atoms with E-state index in [0.29, 0.717) is 6.42 Å². The summed E-state index contributed by atoms with van der Waals surface area (Å²) in [5, 5.41) is 2.83. The van der Waals surface area contributed by atoms with Crippen LogP contribution >= 0.6 is 0 Å². The lowest BCUT2D eigenvalue weighted by Crippen LogP contribution is -2.25. The predicted octanol–water partition coefficient (Wildman–Crippen LogP) is 2.90. The zero-order chi connectivity index (χ0) is 14.7. The van der Waals surface area contributed by atoms with E-state index in [0.717, 1.165) is 43.0 Å². The molecule has 1 N–H and O–H groups in total. The van der Waals surface area contributed by atoms with Crippen molar-refractivity contribution in [3.05, 3.63) is 24.3 Å². The zero-order valence-electron chi connectivity index (χ0n) is 12.7. The van der Waals surface area contributed by atoms with Crippen molar-refractivity contribution in [1.82, 2.24) is 4.90 Å². The molecule has 1 aliphatic heterocycles. The summed E-state index contributed by atoms with van der Waals surface area (Å²) in [5.74, 6) is 1.92. The number of nitrogens with zero attached hydrogens (tertiary/aromatic N) is 1. The van der Waals surface area contributed by atoms with Crippen LogP contribution in [0.5, 0.6) is 5.75 Å². The highest BCUT2D eigenvalue weighted by molar-refractivity contribution is 5.90. The van der Waals surface area contributed by atoms with Crippen LogP contribution in [0.4, 0.5) is 5.69 Å². The Bertz CT molecular complexity index is 486. The van der Waals surface area contributed by atoms with Crippen LogP contribution in [0, 0.1) is 5.92 Å². The van der Waals surface area contributed by atoms with Crippen LogP contribution in [0.2, 0.25) is 0 Å². The van der Waals surface area contributed by atoms with Gasteiger partial charge in [-0.05, 0) is 56.0 Å². The molecule has 1 heterocycles. The van der Waals surface area contributed by atoms with Crippen LogP contribution in [0.3, 0.4) is 0 Å². The van der Waals surface area contributed by atoms with Gasteiger partial charge in [0.15, 0.2) is 0 Å². The molecule has 21 heavy (non-hydrogen) atoms. The highest BCUT2D eigenvalue weighted by Gasteiger charge is 2.46. The minimum Gasteiger partial charge on any atom is -0.494 e. The van der Waals surface area contributed by atoms with Gasteiger partial charge in [-0.1, -0.05) is 6.92 Å². The summed E-state index contributed by atoms with van der Waals surface area (Å²) in [6, 6.07) is 8.50. The zero-order valence-corrected chi connectivity index (χ0v) is 12.7. The van der Waals surface area contributed by atoms with Crippen molar-refractivity contribution in [2.24, 2.45) is 5.92 Å². The molecule has 1 saturated carbocycles. The van der Waals surface area contributed by atoms with Crippen LogP contribution < -0.4 is 10.1 Å². The maximum Gasteiger partial charge on any atom is 0.224 e. The van der Waals surface area contributed by atoms with Crippen molar-refractivity contribution in [1.29, 1.82) is 0 Å². The first kappa shape index (κ1) is 14.4. The molecule has 114 valence electrons. The van der Waals surface area contributed by atoms with Gasteiger partial charge >= 0.3 is 0 Å². The molecule has 1 aromatic rings. The molecule has 0 aromatic heterocycles. The van der Waals surface area contributed by atoms with E-state index >= 15 is 0 Å². The average molecular weight is 288 g/mol. The van der Waals surface area contributed by atoms with Crippen molar-refractivity contribution in [3.8, 4) is 5.75 Å². The molecule has 3 rings (SSSR count). The monoisotopic (exact) mass is 288 g/mol. The number of piperidine rings is 1. The van der Waals surface area contributed by atoms with E-state index in [1.807, 2.05) is 31.2 Å². The van der Waals surface area contributed by atoms with Crippen molar-refractivity contribution >= 4 is 11.6 Å². The fourth-order valence-corrected chi connectivity index (χ4v) is 3.11. The highest BCUT2D eigenvalue weighted by atomic mass is 16.5. The van der Waals surface area contributed by atoms with Crippen molar-refractivity contribution in [2.45, 2.75) is 38.6 Å². The predicted molar refractivity (Wildman–Crippen MR) is 83.6 cm³/mol. The third kappa shape index (κ3) is 3.76. The van der Waals surface area contributed by atoms with E-state index in [2.05, 4.69) is 10.2 Å². The van der Waals surface area contributed by atoms with Crippen LogP contribution in [0.25, 0.3) is 0 Å². The van der Waals surface area contributed by atoms with Gasteiger partial charge < -0.3 is 10.1 Å². The first-order chi connectivity index (χ1) is 10.3. The molecule has 4 nitrogen and oxygen atoms in total. The molecular weight excluding hydrogens is 264 g/mol. The fraction of sp³-hybridized carbons (Fsp3) is 0.588. The van der Waals surface area contributed by atoms with Gasteiger partial charge in [0.05, 0.1) is 6.61 Å². The van der Waals surface area contributed by atoms with Crippen LogP contribution in [0.15, 0.2) is 24.3 Å². The second kappa shape index (κ2) is 6.48. The molecule has 0 bridgehead atoms. The van der Waals surface area contributed by atoms with E-state index in [4.69, 9.17) is 4.74 Å². The van der Waals surface area contributed by atoms with E-state index in [1.54, 1.807) is 0 Å². The number of fused-ring (bicyclic) bond motifs is 1. The number of carbonyl (C=O) groups is 1. The Labute approximate surface area is 126 Å². The third-order valence-corrected chi connectivity index (χ3v) is 4.46. The van der Waals surface area contributed by atoms with Gasteiger partial charge in [0.25, 0.3) is 0 Å². The number of nitrogens with one attached hydrogen (secondary N) is 1. The van der Waals surface area contributed by atoms with Gasteiger partial charge in [-0.2, -0.15) is 0 Å². The lowest BCUT2D eigenvalue weighted by atomic mass is 10.3. The summed E-state index contributed by atoms with van der Waals surface area (Å²) in [6.45, 7) is 5.04. The lowest BCUT2D eigenvalue weighted by molar-refractivity contribution is -0.115. The van der Waals surface area contributed by atoms with Gasteiger partial charge in [0.2, 0.25) is 5.91 Å². The number of hydrogen-bond acceptors (Lipinski definition) is 3. The SMILES string of the molecule is CCC(=O)Nc1ccc(OCCCN2CCC3CC32)cc1. The molecule has 4 heteroatoms. The Morgan fingerprint density at radius 1 is 1.38 bits per heavy atom. The van der Waals surface area contributed by atoms with E-state index < -0.39 is 0 Å². The first-order valence-corrected chi connectivity index (χ1v) is 8.03. The van der Waals surface area contributed by atoms with Crippen LogP contribution in [-0.2, 0) is 4.79 Å². The molecule has 2 aliphatic rings. The minimum absolute atomic E-state index is 0.0349. The van der Waals surface area contributed by atoms with Crippen molar-refractivity contribution in [2.75, 3.05) is 25.0 Å². The fourth-order valence-electron chi connectivity index (χ4n) is 3.11. The van der Waals surface area contributed by atoms with E-state index in [9.17, 15) is 4.79 Å². The van der Waals surface area contributed by atoms with Gasteiger partial charge in [-0.3, -0.25) is 9.69 Å². The summed E-state index contributed by atoms with van der Waals surface area (Å²) < 4.78 is 5.76. The summed E-state index contributed by atoms with van der Waals surface area (Å²) in [6.07, 6.45) is 4.40. The number of ether oxygens (including phenoxy) is 1. The number of benzene rings is 1. The minimum atomic E-state index is 0.0349. The second-order valence-electron chi connectivity index (χ2n) is 6.02. The van der Waals surface area contributed by atoms with E-state index in [1.165, 1.54) is 19.4 Å². The molecular formula is C17H24N2O2. The molecule has 1 saturated heterocycles. The number of carbonyl (C=O) groups excluding carboxylic acids is 1. The standard InChI is InChI=1S/C17H24N2O2/c1-2-17(20)18-14-4-6-15(7-5-14)21-11-3-9-19-10-8-13-12-16(13)19/h4-7,13,16H,2-3,8-12H2,1H3,(H,18,20). The Hall–Kier alpha value is -1.55. The Balaban J connectivity index is 1.36. The summed E-state index contributed by atoms with van der Waals surface area (Å²) in [7, 11) is 0. The van der Waals surface area contributed by atoms with Crippen molar-refractivity contribution in [3.63, 3.8) is 0 Å². The maximum atomic E-state index is 11.3. The smallest absolute Gasteiger partial charge is 0.224 e. The molecule has 2 unspecified atom stereocenters. The molecule has 2 atom stereocenters. The average Bonchev–Trinajstić information content (AvgIpc) is 3.19. The molecule has 1 aromatic carbocycles. The molecule has 1 amide bonds. The van der Waals surface area contributed by atoms with Gasteiger partial charge in [0.1, 0.15) is 5.75 Å². The second-order valence-corrected chi connectivity index (χ2v) is 6.02. The van der Waals surface area contributed by atoms with E-state index in [-0.39, 0.29) is 5.91 Å². The van der Waals surface area contributed by atoms with Gasteiger partial charge in [-0.25, -0.2) is 0 Å². The Morgan fingerprint density at radius 3 is 2.81 bits per heavy atom. The first-order valence-electron chi connectivity index (χ1n) is 8.03. The quantitative estimate of drug-likeness (QED) is 0.784. The van der Waals surface area contributed by atoms with Crippen LogP contribution in [0.1, 0.15) is 32.6 Å². The number of likely N-dealkylation sites (tertiary alicyclic amines) is 1. The summed E-state index contributed by atoms with van der Waals surface area (Å²) >= 11 is 0. The Morgan fingerprint density at radius 2 is 2.19 bits per heavy atom. The topological polar surface area (TPSA) is 41.6 Å². The number of rotatable bonds is 7. The van der Waals surface area contributed by atoms with Crippen molar-refractivity contribution < 1.29 is 9.53 Å². The molecule has 0 spiro atoms. The normalized spacial score (nSPS) is 23.7.